The molecule has 1 unspecified atom stereocenters. The molecule has 0 saturated carbocycles. The van der Waals surface area contributed by atoms with E-state index in [4.69, 9.17) is 10.6 Å². The van der Waals surface area contributed by atoms with Crippen LogP contribution in [-0.2, 0) is 14.3 Å². The first-order valence-electron chi connectivity index (χ1n) is 9.69. The molecule has 0 aliphatic carbocycles. The summed E-state index contributed by atoms with van der Waals surface area (Å²) in [5.74, 6) is 6.26. The van der Waals surface area contributed by atoms with E-state index in [0.717, 1.165) is 24.2 Å². The highest BCUT2D eigenvalue weighted by atomic mass is 79.9. The molecule has 4 aliphatic heterocycles. The van der Waals surface area contributed by atoms with Gasteiger partial charge in [0.25, 0.3) is 0 Å². The zero-order valence-electron chi connectivity index (χ0n) is 16.8. The van der Waals surface area contributed by atoms with Crippen molar-refractivity contribution in [3.8, 4) is 0 Å². The molecule has 2 fully saturated rings. The molecule has 9 nitrogen and oxygen atoms in total. The van der Waals surface area contributed by atoms with E-state index in [9.17, 15) is 9.59 Å². The van der Waals surface area contributed by atoms with Crippen LogP contribution < -0.4 is 5.84 Å². The minimum absolute atomic E-state index is 0.0200. The smallest absolute Gasteiger partial charge is 0.325 e. The first-order valence-corrected chi connectivity index (χ1v) is 10.5. The summed E-state index contributed by atoms with van der Waals surface area (Å²) < 4.78 is 5.53. The minimum Gasteiger partial charge on any atom is -0.468 e. The van der Waals surface area contributed by atoms with Crippen molar-refractivity contribution >= 4 is 38.8 Å². The number of nitrogens with two attached hydrogens (primary N) is 1. The number of halogens is 1. The highest BCUT2D eigenvalue weighted by Crippen LogP contribution is 2.39. The standard InChI is InChI=1S/C19H26BrN6O3/c1-19(2,17(28)29-3)24-10-13-5-4-12(9-25(13)15(27)11-24)16-14-8-22-6-7-26(14,21)18(20)23-16/h6-8,12-13H,4-5,9-11,21H2,1-3H3/q+1/t12-,13+,26?/m1/s1. The van der Waals surface area contributed by atoms with Crippen LogP contribution in [0.1, 0.15) is 26.7 Å². The van der Waals surface area contributed by atoms with Crippen molar-refractivity contribution in [3.05, 3.63) is 23.8 Å². The average Bonchev–Trinajstić information content (AvgIpc) is 2.98. The van der Waals surface area contributed by atoms with Gasteiger partial charge in [-0.1, -0.05) is 0 Å². The maximum atomic E-state index is 13.0. The van der Waals surface area contributed by atoms with Gasteiger partial charge < -0.3 is 9.64 Å². The molecular formula is C19H26BrN6O3+. The van der Waals surface area contributed by atoms with Crippen LogP contribution in [-0.4, -0.2) is 75.6 Å². The molecule has 2 N–H and O–H groups in total. The second-order valence-electron chi connectivity index (χ2n) is 8.41. The van der Waals surface area contributed by atoms with Gasteiger partial charge in [-0.15, -0.1) is 4.59 Å². The van der Waals surface area contributed by atoms with Crippen molar-refractivity contribution in [2.75, 3.05) is 26.7 Å². The molecule has 0 radical (unpaired) electrons. The molecule has 156 valence electrons. The molecule has 0 bridgehead atoms. The van der Waals surface area contributed by atoms with Gasteiger partial charge >= 0.3 is 10.7 Å². The van der Waals surface area contributed by atoms with Crippen molar-refractivity contribution in [1.29, 1.82) is 0 Å². The molecule has 0 spiro atoms. The number of piperazine rings is 1. The quantitative estimate of drug-likeness (QED) is 0.291. The molecule has 1 amide bonds. The van der Waals surface area contributed by atoms with Crippen molar-refractivity contribution in [1.82, 2.24) is 9.80 Å². The first-order chi connectivity index (χ1) is 13.7. The number of carbonyl (C=O) groups is 2. The van der Waals surface area contributed by atoms with Gasteiger partial charge in [-0.2, -0.15) is 10.8 Å². The van der Waals surface area contributed by atoms with Gasteiger partial charge in [0.1, 0.15) is 17.4 Å². The highest BCUT2D eigenvalue weighted by molar-refractivity contribution is 9.18. The Morgan fingerprint density at radius 3 is 2.86 bits per heavy atom. The lowest BCUT2D eigenvalue weighted by atomic mass is 9.87. The van der Waals surface area contributed by atoms with Gasteiger partial charge in [-0.25, -0.2) is 0 Å². The van der Waals surface area contributed by atoms with E-state index in [1.807, 2.05) is 9.80 Å². The van der Waals surface area contributed by atoms with Crippen LogP contribution in [0.3, 0.4) is 0 Å². The van der Waals surface area contributed by atoms with Gasteiger partial charge in [0.2, 0.25) is 11.6 Å². The number of hydrogen-bond donors (Lipinski definition) is 1. The number of fused-ring (bicyclic) bond motifs is 2. The zero-order chi connectivity index (χ0) is 21.0. The van der Waals surface area contributed by atoms with E-state index in [1.165, 1.54) is 7.11 Å². The van der Waals surface area contributed by atoms with Gasteiger partial charge in [0.05, 0.1) is 26.1 Å². The molecule has 0 aromatic rings. The fraction of sp³-hybridized carbons (Fsp3) is 0.579. The Morgan fingerprint density at radius 2 is 2.14 bits per heavy atom. The van der Waals surface area contributed by atoms with Gasteiger partial charge in [0.15, 0.2) is 0 Å². The van der Waals surface area contributed by atoms with Crippen molar-refractivity contribution in [3.63, 3.8) is 0 Å². The predicted octanol–water partition coefficient (Wildman–Crippen LogP) is 1.08. The number of piperidine rings is 1. The number of methoxy groups -OCH3 is 1. The van der Waals surface area contributed by atoms with Gasteiger partial charge in [-0.3, -0.25) is 19.5 Å². The third-order valence-corrected chi connectivity index (χ3v) is 7.17. The number of carbonyl (C=O) groups excluding carboxylic acids is 2. The van der Waals surface area contributed by atoms with Crippen LogP contribution in [0.2, 0.25) is 0 Å². The second kappa shape index (κ2) is 7.12. The Morgan fingerprint density at radius 1 is 1.38 bits per heavy atom. The number of quaternary nitrogens is 1. The summed E-state index contributed by atoms with van der Waals surface area (Å²) in [7, 11) is 1.38. The van der Waals surface area contributed by atoms with Crippen LogP contribution in [0.5, 0.6) is 0 Å². The highest BCUT2D eigenvalue weighted by Gasteiger charge is 2.48. The largest absolute Gasteiger partial charge is 0.468 e. The molecule has 0 aromatic heterocycles. The van der Waals surface area contributed by atoms with Crippen molar-refractivity contribution in [2.24, 2.45) is 21.7 Å². The Balaban J connectivity index is 1.54. The number of ether oxygens (including phenoxy) is 1. The lowest BCUT2D eigenvalue weighted by Gasteiger charge is -2.49. The number of hydrogen-bond acceptors (Lipinski definition) is 7. The normalized spacial score (nSPS) is 32.2. The Bertz CT molecular complexity index is 879. The maximum absolute atomic E-state index is 13.0. The van der Waals surface area contributed by atoms with Crippen LogP contribution in [0.25, 0.3) is 0 Å². The first kappa shape index (κ1) is 20.4. The Kier molecular flexibility index (Phi) is 5.01. The summed E-state index contributed by atoms with van der Waals surface area (Å²) in [5.41, 5.74) is 0.886. The van der Waals surface area contributed by atoms with E-state index < -0.39 is 5.54 Å². The number of allylic oxidation sites excluding steroid dienone is 1. The zero-order valence-corrected chi connectivity index (χ0v) is 18.4. The average molecular weight is 466 g/mol. The van der Waals surface area contributed by atoms with Crippen LogP contribution in [0.4, 0.5) is 0 Å². The van der Waals surface area contributed by atoms with Gasteiger partial charge in [0, 0.05) is 41.0 Å². The summed E-state index contributed by atoms with van der Waals surface area (Å²) in [6, 6.07) is 0.0768. The van der Waals surface area contributed by atoms with E-state index in [1.54, 1.807) is 32.5 Å². The van der Waals surface area contributed by atoms with Gasteiger partial charge in [-0.05, 0) is 26.7 Å². The van der Waals surface area contributed by atoms with Crippen LogP contribution in [0.15, 0.2) is 33.8 Å². The summed E-state index contributed by atoms with van der Waals surface area (Å²) >= 11 is 3.49. The monoisotopic (exact) mass is 465 g/mol. The van der Waals surface area contributed by atoms with Crippen molar-refractivity contribution in [2.45, 2.75) is 38.3 Å². The SMILES string of the molecule is COC(=O)C(C)(C)N1CC(=O)N2C[C@H](C3=C4C=NC=C[N+]4(N)C(Br)=N3)CC[C@H]2C1. The fourth-order valence-electron chi connectivity index (χ4n) is 4.51. The molecule has 10 heteroatoms. The lowest BCUT2D eigenvalue weighted by Crippen LogP contribution is -2.65. The third kappa shape index (κ3) is 3.18. The number of rotatable bonds is 3. The molecule has 0 aromatic carbocycles. The molecule has 3 atom stereocenters. The predicted molar refractivity (Wildman–Crippen MR) is 111 cm³/mol. The molecule has 4 rings (SSSR count). The molecule has 2 saturated heterocycles. The van der Waals surface area contributed by atoms with Crippen molar-refractivity contribution < 1.29 is 18.9 Å². The van der Waals surface area contributed by atoms with Crippen LogP contribution in [0, 0.1) is 5.92 Å². The number of esters is 1. The summed E-state index contributed by atoms with van der Waals surface area (Å²) in [6.45, 7) is 5.06. The molecule has 29 heavy (non-hydrogen) atoms. The number of amidine groups is 1. The Labute approximate surface area is 178 Å². The summed E-state index contributed by atoms with van der Waals surface area (Å²) in [4.78, 5) is 37.9. The number of nitrogens with zero attached hydrogens (tertiary/aromatic N) is 5. The Hall–Kier alpha value is -1.88. The molecular weight excluding hydrogens is 440 g/mol. The van der Waals surface area contributed by atoms with E-state index in [0.29, 0.717) is 17.8 Å². The number of amides is 1. The second-order valence-corrected chi connectivity index (χ2v) is 9.12. The summed E-state index contributed by atoms with van der Waals surface area (Å²) in [6.07, 6.45) is 6.91. The fourth-order valence-corrected chi connectivity index (χ4v) is 5.01. The third-order valence-electron chi connectivity index (χ3n) is 6.41. The lowest BCUT2D eigenvalue weighted by molar-refractivity contribution is -0.746. The maximum Gasteiger partial charge on any atom is 0.325 e. The summed E-state index contributed by atoms with van der Waals surface area (Å²) in [5, 5.41) is 0. The molecule has 4 aliphatic rings. The van der Waals surface area contributed by atoms with E-state index in [-0.39, 0.29) is 35.0 Å². The minimum atomic E-state index is -0.833. The topological polar surface area (TPSA) is 101 Å². The van der Waals surface area contributed by atoms with Crippen LogP contribution >= 0.6 is 15.9 Å². The van der Waals surface area contributed by atoms with E-state index in [2.05, 4.69) is 25.9 Å². The van der Waals surface area contributed by atoms with E-state index >= 15 is 0 Å². The number of aliphatic imine (C=N–C) groups is 2. The molecule has 4 heterocycles.